The number of benzene rings is 1. The first-order valence-electron chi connectivity index (χ1n) is 16.6. The van der Waals surface area contributed by atoms with Gasteiger partial charge in [-0.25, -0.2) is 0 Å². The molecule has 3 fully saturated rings. The molecule has 7 atom stereocenters. The molecule has 3 aliphatic heterocycles. The molecule has 1 aromatic rings. The van der Waals surface area contributed by atoms with Crippen LogP contribution in [0.25, 0.3) is 0 Å². The molecule has 3 unspecified atom stereocenters. The smallest absolute Gasteiger partial charge is 0.310 e. The number of carbonyl (C=O) groups excluding carboxylic acids is 3. The van der Waals surface area contributed by atoms with E-state index in [2.05, 4.69) is 54.7 Å². The first-order valence-corrected chi connectivity index (χ1v) is 17.5. The monoisotopic (exact) mass is 638 g/mol. The zero-order valence-corrected chi connectivity index (χ0v) is 29.0. The minimum atomic E-state index is -0.828. The molecule has 248 valence electrons. The summed E-state index contributed by atoms with van der Waals surface area (Å²) in [6, 6.07) is 8.32. The highest BCUT2D eigenvalue weighted by Gasteiger charge is 2.77. The van der Waals surface area contributed by atoms with Gasteiger partial charge in [-0.15, -0.1) is 24.9 Å². The minimum absolute atomic E-state index is 0.0180. The molecule has 3 saturated heterocycles. The number of thioether (sulfide) groups is 1. The highest BCUT2D eigenvalue weighted by atomic mass is 32.2. The maximum absolute atomic E-state index is 15.2. The van der Waals surface area contributed by atoms with E-state index in [4.69, 9.17) is 4.74 Å². The summed E-state index contributed by atoms with van der Waals surface area (Å²) in [6.45, 7) is 20.9. The average molecular weight is 639 g/mol. The van der Waals surface area contributed by atoms with Crippen molar-refractivity contribution in [1.82, 2.24) is 9.80 Å². The molecule has 2 amide bonds. The third kappa shape index (κ3) is 6.92. The third-order valence-electron chi connectivity index (χ3n) is 9.93. The molecule has 1 aromatic carbocycles. The number of fused-ring (bicyclic) bond motifs is 1. The van der Waals surface area contributed by atoms with E-state index in [1.165, 1.54) is 0 Å². The van der Waals surface area contributed by atoms with Gasteiger partial charge in [-0.05, 0) is 69.3 Å². The van der Waals surface area contributed by atoms with E-state index in [1.54, 1.807) is 22.7 Å². The number of unbranched alkanes of at least 4 members (excludes halogenated alkanes) is 2. The first-order chi connectivity index (χ1) is 21.2. The topological polar surface area (TPSA) is 87.1 Å². The normalized spacial score (nSPS) is 28.1. The third-order valence-corrected chi connectivity index (χ3v) is 12.0. The Hall–Kier alpha value is -2.58. The molecule has 1 spiro atoms. The molecule has 1 N–H and O–H groups in total. The number of likely N-dealkylation sites (tertiary alicyclic amines) is 1. The quantitative estimate of drug-likeness (QED) is 0.143. The Morgan fingerprint density at radius 2 is 1.84 bits per heavy atom. The van der Waals surface area contributed by atoms with Crippen molar-refractivity contribution in [2.24, 2.45) is 23.2 Å². The predicted octanol–water partition coefficient (Wildman–Crippen LogP) is 6.06. The Balaban J connectivity index is 1.78. The Morgan fingerprint density at radius 1 is 1.16 bits per heavy atom. The molecule has 3 aliphatic rings. The van der Waals surface area contributed by atoms with E-state index >= 15 is 4.79 Å². The van der Waals surface area contributed by atoms with Crippen molar-refractivity contribution in [2.75, 3.05) is 19.8 Å². The molecule has 2 bridgehead atoms. The van der Waals surface area contributed by atoms with E-state index in [0.29, 0.717) is 19.6 Å². The van der Waals surface area contributed by atoms with E-state index in [9.17, 15) is 14.7 Å². The van der Waals surface area contributed by atoms with Crippen LogP contribution >= 0.6 is 11.8 Å². The number of hydrogen-bond donors (Lipinski definition) is 1. The van der Waals surface area contributed by atoms with Crippen molar-refractivity contribution in [3.05, 3.63) is 61.2 Å². The number of hydrogen-bond acceptors (Lipinski definition) is 6. The second kappa shape index (κ2) is 14.0. The van der Waals surface area contributed by atoms with Crippen molar-refractivity contribution in [1.29, 1.82) is 0 Å². The SMILES string of the molecule is C=CCCCCOC(=O)[C@@H]1[C@H]2C(=O)N([C@@H](CO)Cc3ccccc3)C(C(=O)N(CC=C)C(C)(C)CC(C)(C)C)C23S[C@@H]1CC3C. The van der Waals surface area contributed by atoms with Gasteiger partial charge < -0.3 is 19.6 Å². The van der Waals surface area contributed by atoms with Gasteiger partial charge in [0, 0.05) is 17.3 Å². The minimum Gasteiger partial charge on any atom is -0.465 e. The summed E-state index contributed by atoms with van der Waals surface area (Å²) < 4.78 is 5.01. The Labute approximate surface area is 274 Å². The number of amides is 2. The van der Waals surface area contributed by atoms with Crippen LogP contribution in [0.1, 0.15) is 79.2 Å². The fourth-order valence-corrected chi connectivity index (χ4v) is 10.9. The van der Waals surface area contributed by atoms with E-state index in [-0.39, 0.29) is 41.0 Å². The van der Waals surface area contributed by atoms with Gasteiger partial charge in [0.1, 0.15) is 6.04 Å². The summed E-state index contributed by atoms with van der Waals surface area (Å²) in [5, 5.41) is 10.7. The second-order valence-corrected chi connectivity index (χ2v) is 16.6. The fraction of sp³-hybridized carbons (Fsp3) is 0.649. The zero-order valence-electron chi connectivity index (χ0n) is 28.2. The Bertz CT molecular complexity index is 1240. The summed E-state index contributed by atoms with van der Waals surface area (Å²) in [5.41, 5.74) is 0.390. The van der Waals surface area contributed by atoms with Crippen molar-refractivity contribution in [3.8, 4) is 0 Å². The van der Waals surface area contributed by atoms with Crippen molar-refractivity contribution < 1.29 is 24.2 Å². The number of allylic oxidation sites excluding steroid dienone is 1. The zero-order chi connectivity index (χ0) is 33.2. The number of rotatable bonds is 15. The number of nitrogens with zero attached hydrogens (tertiary/aromatic N) is 2. The molecule has 8 heteroatoms. The van der Waals surface area contributed by atoms with Crippen LogP contribution < -0.4 is 0 Å². The molecule has 0 radical (unpaired) electrons. The van der Waals surface area contributed by atoms with Gasteiger partial charge in [-0.2, -0.15) is 0 Å². The van der Waals surface area contributed by atoms with Gasteiger partial charge in [-0.3, -0.25) is 14.4 Å². The molecule has 4 rings (SSSR count). The van der Waals surface area contributed by atoms with E-state index in [0.717, 1.165) is 37.7 Å². The number of ether oxygens (including phenoxy) is 1. The van der Waals surface area contributed by atoms with Crippen LogP contribution in [0.5, 0.6) is 0 Å². The lowest BCUT2D eigenvalue weighted by Gasteiger charge is -2.47. The molecular formula is C37H54N2O5S. The fourth-order valence-electron chi connectivity index (χ4n) is 8.50. The van der Waals surface area contributed by atoms with Crippen LogP contribution in [0.4, 0.5) is 0 Å². The van der Waals surface area contributed by atoms with E-state index in [1.807, 2.05) is 41.3 Å². The van der Waals surface area contributed by atoms with Crippen LogP contribution in [-0.2, 0) is 25.5 Å². The molecule has 7 nitrogen and oxygen atoms in total. The van der Waals surface area contributed by atoms with Crippen LogP contribution in [0.3, 0.4) is 0 Å². The number of carbonyl (C=O) groups is 3. The average Bonchev–Trinajstić information content (AvgIpc) is 3.57. The van der Waals surface area contributed by atoms with Crippen molar-refractivity contribution in [2.45, 2.75) is 108 Å². The maximum atomic E-state index is 15.2. The van der Waals surface area contributed by atoms with Crippen LogP contribution in [-0.4, -0.2) is 80.1 Å². The largest absolute Gasteiger partial charge is 0.465 e. The molecule has 0 saturated carbocycles. The number of esters is 1. The lowest BCUT2D eigenvalue weighted by Crippen LogP contribution is -2.63. The first kappa shape index (κ1) is 35.3. The summed E-state index contributed by atoms with van der Waals surface area (Å²) in [6.07, 6.45) is 7.97. The molecule has 0 aromatic heterocycles. The number of aliphatic hydroxyl groups excluding tert-OH is 1. The van der Waals surface area contributed by atoms with Crippen molar-refractivity contribution >= 4 is 29.5 Å². The summed E-state index contributed by atoms with van der Waals surface area (Å²) in [4.78, 5) is 47.3. The highest BCUT2D eigenvalue weighted by molar-refractivity contribution is 8.02. The van der Waals surface area contributed by atoms with E-state index < -0.39 is 34.2 Å². The highest BCUT2D eigenvalue weighted by Crippen LogP contribution is 2.69. The number of aliphatic hydroxyl groups is 1. The van der Waals surface area contributed by atoms with Crippen LogP contribution in [0.15, 0.2) is 55.6 Å². The van der Waals surface area contributed by atoms with Crippen LogP contribution in [0.2, 0.25) is 0 Å². The maximum Gasteiger partial charge on any atom is 0.310 e. The lowest BCUT2D eigenvalue weighted by molar-refractivity contribution is -0.155. The lowest BCUT2D eigenvalue weighted by atomic mass is 9.66. The predicted molar refractivity (Wildman–Crippen MR) is 182 cm³/mol. The summed E-state index contributed by atoms with van der Waals surface area (Å²) in [7, 11) is 0. The Kier molecular flexibility index (Phi) is 11.0. The van der Waals surface area contributed by atoms with Gasteiger partial charge in [0.2, 0.25) is 11.8 Å². The molecular weight excluding hydrogens is 584 g/mol. The van der Waals surface area contributed by atoms with Gasteiger partial charge in [0.15, 0.2) is 0 Å². The van der Waals surface area contributed by atoms with Crippen LogP contribution in [0, 0.1) is 23.2 Å². The summed E-state index contributed by atoms with van der Waals surface area (Å²) >= 11 is 1.65. The van der Waals surface area contributed by atoms with Gasteiger partial charge >= 0.3 is 5.97 Å². The van der Waals surface area contributed by atoms with Crippen molar-refractivity contribution in [3.63, 3.8) is 0 Å². The van der Waals surface area contributed by atoms with Gasteiger partial charge in [0.05, 0.1) is 35.8 Å². The van der Waals surface area contributed by atoms with Gasteiger partial charge in [0.25, 0.3) is 0 Å². The molecule has 3 heterocycles. The standard InChI is InChI=1S/C37H54N2O5S/c1-9-11-12-16-20-44-34(43)29-28-21-25(3)37(45-28)30(29)32(41)39(27(23-40)22-26-17-14-13-15-18-26)31(37)33(42)38(19-10-2)36(7,8)24-35(4,5)6/h9-10,13-15,17-18,25,27-31,40H,1-2,11-12,16,19-24H2,3-8H3/t25?,27-,28-,29+,30+,31?,37?/m1/s1. The molecule has 45 heavy (non-hydrogen) atoms. The Morgan fingerprint density at radius 3 is 2.44 bits per heavy atom. The second-order valence-electron chi connectivity index (χ2n) is 15.1. The molecule has 0 aliphatic carbocycles. The summed E-state index contributed by atoms with van der Waals surface area (Å²) in [5.74, 6) is -1.98. The van der Waals surface area contributed by atoms with Gasteiger partial charge in [-0.1, -0.05) is 70.2 Å².